The second-order valence-electron chi connectivity index (χ2n) is 5.22. The number of aromatic nitrogens is 1. The summed E-state index contributed by atoms with van der Waals surface area (Å²) in [5.74, 6) is 2.54. The standard InChI is InChI=1S/C15H21N3/c1-2-12-3-5-13(6-4-12)11-18-15-9-14(10-16)7-8-17-15/h7-9,12-13H,2-6,11H2,1H3,(H,17,18). The average molecular weight is 243 g/mol. The lowest BCUT2D eigenvalue weighted by atomic mass is 9.81. The summed E-state index contributed by atoms with van der Waals surface area (Å²) in [7, 11) is 0. The van der Waals surface area contributed by atoms with Crippen LogP contribution in [0.4, 0.5) is 5.82 Å². The van der Waals surface area contributed by atoms with Crippen molar-refractivity contribution in [3.05, 3.63) is 23.9 Å². The second-order valence-corrected chi connectivity index (χ2v) is 5.22. The van der Waals surface area contributed by atoms with E-state index in [2.05, 4.69) is 23.3 Å². The van der Waals surface area contributed by atoms with Crippen molar-refractivity contribution in [2.24, 2.45) is 11.8 Å². The van der Waals surface area contributed by atoms with Gasteiger partial charge in [0.05, 0.1) is 11.6 Å². The lowest BCUT2D eigenvalue weighted by Crippen LogP contribution is -2.21. The number of nitrogens with zero attached hydrogens (tertiary/aromatic N) is 2. The minimum atomic E-state index is 0.669. The first kappa shape index (κ1) is 12.9. The highest BCUT2D eigenvalue weighted by molar-refractivity contribution is 5.42. The molecule has 1 saturated carbocycles. The molecule has 0 unspecified atom stereocenters. The summed E-state index contributed by atoms with van der Waals surface area (Å²) < 4.78 is 0. The van der Waals surface area contributed by atoms with Crippen LogP contribution in [0.3, 0.4) is 0 Å². The molecule has 18 heavy (non-hydrogen) atoms. The predicted molar refractivity (Wildman–Crippen MR) is 73.2 cm³/mol. The van der Waals surface area contributed by atoms with Crippen molar-refractivity contribution in [1.29, 1.82) is 5.26 Å². The van der Waals surface area contributed by atoms with E-state index in [-0.39, 0.29) is 0 Å². The Morgan fingerprint density at radius 3 is 2.72 bits per heavy atom. The molecular formula is C15H21N3. The van der Waals surface area contributed by atoms with Crippen molar-refractivity contribution < 1.29 is 0 Å². The normalized spacial score (nSPS) is 23.3. The molecule has 1 aromatic rings. The summed E-state index contributed by atoms with van der Waals surface area (Å²) in [6, 6.07) is 5.69. The Bertz CT molecular complexity index is 414. The van der Waals surface area contributed by atoms with Gasteiger partial charge in [-0.2, -0.15) is 5.26 Å². The minimum absolute atomic E-state index is 0.669. The van der Waals surface area contributed by atoms with Gasteiger partial charge in [0.15, 0.2) is 0 Å². The Labute approximate surface area is 109 Å². The van der Waals surface area contributed by atoms with Crippen molar-refractivity contribution in [2.75, 3.05) is 11.9 Å². The molecule has 1 N–H and O–H groups in total. The van der Waals surface area contributed by atoms with E-state index in [9.17, 15) is 0 Å². The average Bonchev–Trinajstić information content (AvgIpc) is 2.46. The molecule has 96 valence electrons. The molecule has 3 nitrogen and oxygen atoms in total. The summed E-state index contributed by atoms with van der Waals surface area (Å²) in [6.45, 7) is 3.28. The van der Waals surface area contributed by atoms with Crippen LogP contribution in [-0.4, -0.2) is 11.5 Å². The Balaban J connectivity index is 1.80. The van der Waals surface area contributed by atoms with Crippen molar-refractivity contribution in [3.63, 3.8) is 0 Å². The molecule has 0 radical (unpaired) electrons. The van der Waals surface area contributed by atoms with Crippen LogP contribution in [0.15, 0.2) is 18.3 Å². The summed E-state index contributed by atoms with van der Waals surface area (Å²) in [4.78, 5) is 4.24. The van der Waals surface area contributed by atoms with Gasteiger partial charge in [0.2, 0.25) is 0 Å². The molecule has 0 spiro atoms. The fraction of sp³-hybridized carbons (Fsp3) is 0.600. The van der Waals surface area contributed by atoms with E-state index in [0.717, 1.165) is 24.2 Å². The highest BCUT2D eigenvalue weighted by atomic mass is 15.0. The number of nitriles is 1. The number of pyridine rings is 1. The number of anilines is 1. The highest BCUT2D eigenvalue weighted by Crippen LogP contribution is 2.30. The van der Waals surface area contributed by atoms with E-state index in [4.69, 9.17) is 5.26 Å². The molecule has 0 atom stereocenters. The van der Waals surface area contributed by atoms with Crippen molar-refractivity contribution >= 4 is 5.82 Å². The third-order valence-corrected chi connectivity index (χ3v) is 4.00. The molecule has 1 heterocycles. The van der Waals surface area contributed by atoms with Crippen LogP contribution in [0.1, 0.15) is 44.6 Å². The fourth-order valence-electron chi connectivity index (χ4n) is 2.69. The third kappa shape index (κ3) is 3.46. The van der Waals surface area contributed by atoms with Crippen molar-refractivity contribution in [2.45, 2.75) is 39.0 Å². The lowest BCUT2D eigenvalue weighted by molar-refractivity contribution is 0.278. The zero-order valence-corrected chi connectivity index (χ0v) is 11.0. The molecule has 1 aliphatic carbocycles. The van der Waals surface area contributed by atoms with Crippen LogP contribution in [0.5, 0.6) is 0 Å². The van der Waals surface area contributed by atoms with Gasteiger partial charge in [-0.25, -0.2) is 4.98 Å². The van der Waals surface area contributed by atoms with E-state index >= 15 is 0 Å². The first-order valence-electron chi connectivity index (χ1n) is 6.91. The number of rotatable bonds is 4. The largest absolute Gasteiger partial charge is 0.370 e. The van der Waals surface area contributed by atoms with Gasteiger partial charge in [0.1, 0.15) is 5.82 Å². The van der Waals surface area contributed by atoms with Crippen LogP contribution in [0.25, 0.3) is 0 Å². The van der Waals surface area contributed by atoms with Gasteiger partial charge < -0.3 is 5.32 Å². The molecule has 3 heteroatoms. The Morgan fingerprint density at radius 1 is 1.33 bits per heavy atom. The molecule has 0 aromatic carbocycles. The van der Waals surface area contributed by atoms with E-state index in [1.807, 2.05) is 6.07 Å². The number of hydrogen-bond acceptors (Lipinski definition) is 3. The molecule has 1 fully saturated rings. The van der Waals surface area contributed by atoms with Gasteiger partial charge in [-0.15, -0.1) is 0 Å². The summed E-state index contributed by atoms with van der Waals surface area (Å²) in [5, 5.41) is 12.2. The summed E-state index contributed by atoms with van der Waals surface area (Å²) in [5.41, 5.74) is 0.669. The molecule has 0 bridgehead atoms. The summed E-state index contributed by atoms with van der Waals surface area (Å²) >= 11 is 0. The first-order chi connectivity index (χ1) is 8.81. The maximum atomic E-state index is 8.83. The quantitative estimate of drug-likeness (QED) is 0.879. The fourth-order valence-corrected chi connectivity index (χ4v) is 2.69. The SMILES string of the molecule is CCC1CCC(CNc2cc(C#N)ccn2)CC1. The van der Waals surface area contributed by atoms with E-state index < -0.39 is 0 Å². The van der Waals surface area contributed by atoms with Gasteiger partial charge in [0.25, 0.3) is 0 Å². The molecule has 1 aromatic heterocycles. The van der Waals surface area contributed by atoms with E-state index in [1.54, 1.807) is 12.3 Å². The molecule has 1 aliphatic rings. The van der Waals surface area contributed by atoms with Crippen LogP contribution in [0, 0.1) is 23.2 Å². The Kier molecular flexibility index (Phi) is 4.58. The predicted octanol–water partition coefficient (Wildman–Crippen LogP) is 3.58. The smallest absolute Gasteiger partial charge is 0.127 e. The van der Waals surface area contributed by atoms with Crippen LogP contribution in [0.2, 0.25) is 0 Å². The summed E-state index contributed by atoms with van der Waals surface area (Å²) in [6.07, 6.45) is 8.40. The zero-order chi connectivity index (χ0) is 12.8. The van der Waals surface area contributed by atoms with Crippen molar-refractivity contribution in [3.8, 4) is 6.07 Å². The topological polar surface area (TPSA) is 48.7 Å². The zero-order valence-electron chi connectivity index (χ0n) is 11.0. The van der Waals surface area contributed by atoms with E-state index in [0.29, 0.717) is 5.56 Å². The van der Waals surface area contributed by atoms with Gasteiger partial charge in [-0.05, 0) is 36.8 Å². The van der Waals surface area contributed by atoms with Gasteiger partial charge in [0, 0.05) is 12.7 Å². The van der Waals surface area contributed by atoms with Gasteiger partial charge in [-0.3, -0.25) is 0 Å². The number of hydrogen-bond donors (Lipinski definition) is 1. The maximum Gasteiger partial charge on any atom is 0.127 e. The van der Waals surface area contributed by atoms with Gasteiger partial charge in [-0.1, -0.05) is 26.2 Å². The van der Waals surface area contributed by atoms with E-state index in [1.165, 1.54) is 32.1 Å². The van der Waals surface area contributed by atoms with Crippen molar-refractivity contribution in [1.82, 2.24) is 4.98 Å². The number of nitrogens with one attached hydrogen (secondary N) is 1. The maximum absolute atomic E-state index is 8.83. The Hall–Kier alpha value is -1.56. The van der Waals surface area contributed by atoms with Crippen LogP contribution < -0.4 is 5.32 Å². The first-order valence-corrected chi connectivity index (χ1v) is 6.91. The second kappa shape index (κ2) is 6.39. The Morgan fingerprint density at radius 2 is 2.06 bits per heavy atom. The monoisotopic (exact) mass is 243 g/mol. The lowest BCUT2D eigenvalue weighted by Gasteiger charge is -2.27. The molecule has 0 saturated heterocycles. The minimum Gasteiger partial charge on any atom is -0.370 e. The highest BCUT2D eigenvalue weighted by Gasteiger charge is 2.19. The molecule has 0 amide bonds. The third-order valence-electron chi connectivity index (χ3n) is 4.00. The molecular weight excluding hydrogens is 222 g/mol. The molecule has 0 aliphatic heterocycles. The van der Waals surface area contributed by atoms with Crippen LogP contribution >= 0.6 is 0 Å². The van der Waals surface area contributed by atoms with Crippen LogP contribution in [-0.2, 0) is 0 Å². The molecule has 2 rings (SSSR count). The van der Waals surface area contributed by atoms with Gasteiger partial charge >= 0.3 is 0 Å².